The first kappa shape index (κ1) is 22.7. The lowest BCUT2D eigenvalue weighted by Crippen LogP contribution is -2.30. The Labute approximate surface area is 193 Å². The van der Waals surface area contributed by atoms with Crippen LogP contribution < -0.4 is 15.4 Å². The number of nitrogens with one attached hydrogen (secondary N) is 2. The molecule has 4 rings (SSSR count). The molecule has 1 fully saturated rings. The van der Waals surface area contributed by atoms with Crippen LogP contribution in [-0.2, 0) is 16.1 Å². The van der Waals surface area contributed by atoms with Gasteiger partial charge < -0.3 is 15.4 Å². The Hall–Kier alpha value is -4.53. The number of halogens is 2. The Kier molecular flexibility index (Phi) is 6.63. The monoisotopic (exact) mass is 463 g/mol. The van der Waals surface area contributed by atoms with Gasteiger partial charge in [0.05, 0.1) is 6.54 Å². The van der Waals surface area contributed by atoms with Crippen LogP contribution in [0.3, 0.4) is 0 Å². The van der Waals surface area contributed by atoms with Crippen LogP contribution in [-0.4, -0.2) is 29.4 Å². The normalized spacial score (nSPS) is 14.3. The number of ether oxygens (including phenoxy) is 1. The molecule has 0 unspecified atom stereocenters. The Morgan fingerprint density at radius 2 is 1.76 bits per heavy atom. The molecular weight excluding hydrogens is 444 g/mol. The Morgan fingerprint density at radius 1 is 1.00 bits per heavy atom. The third kappa shape index (κ3) is 5.44. The maximum Gasteiger partial charge on any atom is 0.329 e. The molecule has 0 bridgehead atoms. The van der Waals surface area contributed by atoms with E-state index in [2.05, 4.69) is 10.6 Å². The smallest absolute Gasteiger partial charge is 0.329 e. The summed E-state index contributed by atoms with van der Waals surface area (Å²) in [7, 11) is 0. The molecule has 0 saturated carbocycles. The quantitative estimate of drug-likeness (QED) is 0.408. The van der Waals surface area contributed by atoms with Gasteiger partial charge in [-0.25, -0.2) is 13.6 Å². The lowest BCUT2D eigenvalue weighted by Gasteiger charge is -2.12. The maximum absolute atomic E-state index is 13.9. The third-order valence-corrected chi connectivity index (χ3v) is 4.92. The van der Waals surface area contributed by atoms with E-state index in [0.29, 0.717) is 17.0 Å². The molecule has 0 spiro atoms. The average Bonchev–Trinajstić information content (AvgIpc) is 3.08. The summed E-state index contributed by atoms with van der Waals surface area (Å²) in [5.41, 5.74) is 1.24. The van der Waals surface area contributed by atoms with Crippen molar-refractivity contribution in [2.75, 3.05) is 11.9 Å². The van der Waals surface area contributed by atoms with E-state index in [1.54, 1.807) is 30.3 Å². The molecule has 0 aromatic heterocycles. The van der Waals surface area contributed by atoms with Gasteiger partial charge in [-0.3, -0.25) is 14.5 Å². The fourth-order valence-corrected chi connectivity index (χ4v) is 3.25. The SMILES string of the molecule is O=C(COc1cccc(/C=C2\NC(=O)N(Cc3ccccc3F)C2=O)c1)Nc1ccc(F)cc1. The summed E-state index contributed by atoms with van der Waals surface area (Å²) >= 11 is 0. The zero-order valence-corrected chi connectivity index (χ0v) is 17.8. The number of amides is 4. The van der Waals surface area contributed by atoms with Crippen molar-refractivity contribution in [1.29, 1.82) is 0 Å². The largest absolute Gasteiger partial charge is 0.484 e. The summed E-state index contributed by atoms with van der Waals surface area (Å²) in [6, 6.07) is 17.2. The van der Waals surface area contributed by atoms with Crippen molar-refractivity contribution in [2.24, 2.45) is 0 Å². The van der Waals surface area contributed by atoms with E-state index in [4.69, 9.17) is 4.74 Å². The minimum absolute atomic E-state index is 0.0348. The third-order valence-electron chi connectivity index (χ3n) is 4.92. The molecule has 1 saturated heterocycles. The Balaban J connectivity index is 1.39. The summed E-state index contributed by atoms with van der Waals surface area (Å²) in [5.74, 6) is -1.57. The van der Waals surface area contributed by atoms with Crippen molar-refractivity contribution in [3.63, 3.8) is 0 Å². The van der Waals surface area contributed by atoms with Gasteiger partial charge >= 0.3 is 6.03 Å². The fraction of sp³-hybridized carbons (Fsp3) is 0.0800. The van der Waals surface area contributed by atoms with Gasteiger partial charge in [-0.15, -0.1) is 0 Å². The highest BCUT2D eigenvalue weighted by Crippen LogP contribution is 2.20. The van der Waals surface area contributed by atoms with Crippen LogP contribution in [0.2, 0.25) is 0 Å². The number of imide groups is 1. The number of anilines is 1. The number of urea groups is 1. The highest BCUT2D eigenvalue weighted by Gasteiger charge is 2.33. The average molecular weight is 463 g/mol. The summed E-state index contributed by atoms with van der Waals surface area (Å²) < 4.78 is 32.4. The van der Waals surface area contributed by atoms with Crippen LogP contribution in [0.1, 0.15) is 11.1 Å². The van der Waals surface area contributed by atoms with Gasteiger partial charge in [0.25, 0.3) is 11.8 Å². The number of carbonyl (C=O) groups excluding carboxylic acids is 3. The minimum atomic E-state index is -0.649. The zero-order chi connectivity index (χ0) is 24.1. The number of nitrogens with zero attached hydrogens (tertiary/aromatic N) is 1. The summed E-state index contributed by atoms with van der Waals surface area (Å²) in [5, 5.41) is 5.07. The van der Waals surface area contributed by atoms with Crippen LogP contribution in [0.25, 0.3) is 6.08 Å². The van der Waals surface area contributed by atoms with Crippen molar-refractivity contribution in [3.05, 3.63) is 101 Å². The molecule has 3 aromatic carbocycles. The summed E-state index contributed by atoms with van der Waals surface area (Å²) in [4.78, 5) is 37.9. The van der Waals surface area contributed by atoms with Crippen LogP contribution >= 0.6 is 0 Å². The summed E-state index contributed by atoms with van der Waals surface area (Å²) in [6.45, 7) is -0.482. The maximum atomic E-state index is 13.9. The number of carbonyl (C=O) groups is 3. The molecule has 0 radical (unpaired) electrons. The molecule has 2 N–H and O–H groups in total. The van der Waals surface area contributed by atoms with Crippen LogP contribution in [0.4, 0.5) is 19.3 Å². The van der Waals surface area contributed by atoms with Crippen molar-refractivity contribution in [1.82, 2.24) is 10.2 Å². The first-order valence-electron chi connectivity index (χ1n) is 10.3. The number of benzene rings is 3. The molecule has 1 aliphatic rings. The first-order valence-corrected chi connectivity index (χ1v) is 10.3. The molecule has 0 atom stereocenters. The molecule has 7 nitrogen and oxygen atoms in total. The highest BCUT2D eigenvalue weighted by atomic mass is 19.1. The molecule has 172 valence electrons. The van der Waals surface area contributed by atoms with E-state index in [1.807, 2.05) is 0 Å². The minimum Gasteiger partial charge on any atom is -0.484 e. The van der Waals surface area contributed by atoms with Crippen LogP contribution in [0.5, 0.6) is 5.75 Å². The molecule has 4 amide bonds. The van der Waals surface area contributed by atoms with Crippen molar-refractivity contribution in [3.8, 4) is 5.75 Å². The van der Waals surface area contributed by atoms with E-state index in [9.17, 15) is 23.2 Å². The Bertz CT molecular complexity index is 1280. The van der Waals surface area contributed by atoms with Crippen molar-refractivity contribution >= 4 is 29.6 Å². The van der Waals surface area contributed by atoms with Gasteiger partial charge in [0.1, 0.15) is 23.1 Å². The topological polar surface area (TPSA) is 87.7 Å². The van der Waals surface area contributed by atoms with Gasteiger partial charge in [-0.2, -0.15) is 0 Å². The highest BCUT2D eigenvalue weighted by molar-refractivity contribution is 6.13. The van der Waals surface area contributed by atoms with Gasteiger partial charge in [-0.1, -0.05) is 30.3 Å². The van der Waals surface area contributed by atoms with Gasteiger partial charge in [0.15, 0.2) is 6.61 Å². The molecule has 1 aliphatic heterocycles. The van der Waals surface area contributed by atoms with Gasteiger partial charge in [0.2, 0.25) is 0 Å². The number of hydrogen-bond donors (Lipinski definition) is 2. The predicted octanol–water partition coefficient (Wildman–Crippen LogP) is 4.08. The van der Waals surface area contributed by atoms with Crippen LogP contribution in [0, 0.1) is 11.6 Å². The Morgan fingerprint density at radius 3 is 2.53 bits per heavy atom. The summed E-state index contributed by atoms with van der Waals surface area (Å²) in [6.07, 6.45) is 1.47. The molecule has 0 aliphatic carbocycles. The molecular formula is C25H19F2N3O4. The predicted molar refractivity (Wildman–Crippen MR) is 120 cm³/mol. The second-order valence-electron chi connectivity index (χ2n) is 7.39. The second-order valence-corrected chi connectivity index (χ2v) is 7.39. The second kappa shape index (κ2) is 9.95. The fourth-order valence-electron chi connectivity index (χ4n) is 3.25. The van der Waals surface area contributed by atoms with E-state index in [1.165, 1.54) is 48.5 Å². The van der Waals surface area contributed by atoms with Gasteiger partial charge in [0, 0.05) is 11.3 Å². The molecule has 3 aromatic rings. The molecule has 1 heterocycles. The first-order chi connectivity index (χ1) is 16.4. The van der Waals surface area contributed by atoms with E-state index in [-0.39, 0.29) is 24.4 Å². The number of hydrogen-bond acceptors (Lipinski definition) is 4. The lowest BCUT2D eigenvalue weighted by molar-refractivity contribution is -0.123. The number of rotatable bonds is 7. The van der Waals surface area contributed by atoms with Crippen molar-refractivity contribution < 1.29 is 27.9 Å². The molecule has 34 heavy (non-hydrogen) atoms. The van der Waals surface area contributed by atoms with Gasteiger partial charge in [-0.05, 0) is 54.1 Å². The van der Waals surface area contributed by atoms with Crippen LogP contribution in [0.15, 0.2) is 78.5 Å². The lowest BCUT2D eigenvalue weighted by atomic mass is 10.1. The molecule has 9 heteroatoms. The van der Waals surface area contributed by atoms with E-state index >= 15 is 0 Å². The zero-order valence-electron chi connectivity index (χ0n) is 17.8. The standard InChI is InChI=1S/C25H19F2N3O4/c26-18-8-10-19(11-9-18)28-23(31)15-34-20-6-3-4-16(12-20)13-22-24(32)30(25(33)29-22)14-17-5-1-2-7-21(17)27/h1-13H,14-15H2,(H,28,31)(H,29,33)/b22-13-. The van der Waals surface area contributed by atoms with Crippen molar-refractivity contribution in [2.45, 2.75) is 6.54 Å². The van der Waals surface area contributed by atoms with E-state index < -0.39 is 29.5 Å². The van der Waals surface area contributed by atoms with E-state index in [0.717, 1.165) is 4.90 Å².